The van der Waals surface area contributed by atoms with Crippen LogP contribution >= 0.6 is 0 Å². The van der Waals surface area contributed by atoms with Crippen molar-refractivity contribution in [1.82, 2.24) is 0 Å². The number of rotatable bonds is 41. The van der Waals surface area contributed by atoms with E-state index in [0.717, 1.165) is 38.5 Å². The highest BCUT2D eigenvalue weighted by Gasteiger charge is 2.14. The van der Waals surface area contributed by atoms with Crippen LogP contribution < -0.4 is 0 Å². The van der Waals surface area contributed by atoms with Crippen LogP contribution in [0.2, 0.25) is 0 Å². The number of carbonyl (C=O) groups excluding carboxylic acids is 2. The van der Waals surface area contributed by atoms with E-state index in [0.29, 0.717) is 37.9 Å². The molecule has 0 aliphatic heterocycles. The zero-order chi connectivity index (χ0) is 36.6. The minimum atomic E-state index is -0.00506. The molecule has 0 rings (SSSR count). The van der Waals surface area contributed by atoms with Crippen LogP contribution in [0.15, 0.2) is 0 Å². The smallest absolute Gasteiger partial charge is 0.305 e. The summed E-state index contributed by atoms with van der Waals surface area (Å²) in [5.41, 5.74) is 0. The van der Waals surface area contributed by atoms with Crippen molar-refractivity contribution in [2.45, 2.75) is 259 Å². The molecule has 0 aliphatic rings. The Morgan fingerprint density at radius 1 is 0.320 bits per heavy atom. The van der Waals surface area contributed by atoms with Gasteiger partial charge in [-0.1, -0.05) is 207 Å². The van der Waals surface area contributed by atoms with Gasteiger partial charge < -0.3 is 9.47 Å². The first kappa shape index (κ1) is 48.9. The molecule has 4 nitrogen and oxygen atoms in total. The first-order valence-electron chi connectivity index (χ1n) is 22.9. The predicted molar refractivity (Wildman–Crippen MR) is 218 cm³/mol. The quantitative estimate of drug-likeness (QED) is 0.0469. The molecule has 0 saturated heterocycles. The van der Waals surface area contributed by atoms with E-state index in [1.54, 1.807) is 0 Å². The first-order valence-corrected chi connectivity index (χ1v) is 22.9. The number of carbonyl (C=O) groups is 2. The minimum Gasteiger partial charge on any atom is -0.465 e. The highest BCUT2D eigenvalue weighted by Crippen LogP contribution is 2.22. The molecule has 0 radical (unpaired) electrons. The monoisotopic (exact) mass is 707 g/mol. The summed E-state index contributed by atoms with van der Waals surface area (Å²) in [6.07, 6.45) is 44.0. The average Bonchev–Trinajstić information content (AvgIpc) is 3.12. The molecular formula is C46H90O4. The Morgan fingerprint density at radius 2 is 0.540 bits per heavy atom. The fourth-order valence-corrected chi connectivity index (χ4v) is 7.29. The second kappa shape index (κ2) is 40.7. The van der Waals surface area contributed by atoms with Crippen LogP contribution in [0.1, 0.15) is 259 Å². The van der Waals surface area contributed by atoms with E-state index in [1.165, 1.54) is 180 Å². The molecule has 0 bridgehead atoms. The topological polar surface area (TPSA) is 52.6 Å². The van der Waals surface area contributed by atoms with Gasteiger partial charge in [0.25, 0.3) is 0 Å². The Bertz CT molecular complexity index is 634. The standard InChI is InChI=1S/C46H90O4/c1-5-9-13-17-19-25-31-37-43(35-29-23-15-11-7-3)41-49-45(47)39-33-27-21-22-28-34-40-46(48)50-42-44(36-30-24-16-12-8-4)38-32-26-20-18-14-10-6-2/h43-44H,5-42H2,1-4H3. The molecule has 50 heavy (non-hydrogen) atoms. The van der Waals surface area contributed by atoms with Crippen LogP contribution in [0, 0.1) is 11.8 Å². The lowest BCUT2D eigenvalue weighted by molar-refractivity contribution is -0.146. The maximum atomic E-state index is 12.5. The van der Waals surface area contributed by atoms with Crippen molar-refractivity contribution in [3.8, 4) is 0 Å². The Labute approximate surface area is 314 Å². The van der Waals surface area contributed by atoms with E-state index in [-0.39, 0.29) is 11.9 Å². The van der Waals surface area contributed by atoms with Gasteiger partial charge in [-0.05, 0) is 50.4 Å². The van der Waals surface area contributed by atoms with Crippen LogP contribution in [0.3, 0.4) is 0 Å². The fourth-order valence-electron chi connectivity index (χ4n) is 7.29. The average molecular weight is 707 g/mol. The normalized spacial score (nSPS) is 12.6. The fraction of sp³-hybridized carbons (Fsp3) is 0.957. The third-order valence-electron chi connectivity index (χ3n) is 10.8. The summed E-state index contributed by atoms with van der Waals surface area (Å²) >= 11 is 0. The van der Waals surface area contributed by atoms with Crippen molar-refractivity contribution in [2.24, 2.45) is 11.8 Å². The van der Waals surface area contributed by atoms with E-state index in [1.807, 2.05) is 0 Å². The second-order valence-corrected chi connectivity index (χ2v) is 15.9. The van der Waals surface area contributed by atoms with E-state index in [4.69, 9.17) is 9.47 Å². The molecule has 0 saturated carbocycles. The molecule has 0 aromatic heterocycles. The molecule has 0 heterocycles. The largest absolute Gasteiger partial charge is 0.465 e. The number of unbranched alkanes of at least 4 members (excludes halogenated alkanes) is 25. The van der Waals surface area contributed by atoms with Gasteiger partial charge in [-0.25, -0.2) is 0 Å². The first-order chi connectivity index (χ1) is 24.6. The molecule has 0 N–H and O–H groups in total. The van der Waals surface area contributed by atoms with Crippen LogP contribution in [0.4, 0.5) is 0 Å². The molecule has 2 unspecified atom stereocenters. The molecule has 4 heteroatoms. The summed E-state index contributed by atoms with van der Waals surface area (Å²) < 4.78 is 11.6. The Morgan fingerprint density at radius 3 is 0.800 bits per heavy atom. The molecule has 0 aromatic carbocycles. The molecule has 0 aliphatic carbocycles. The summed E-state index contributed by atoms with van der Waals surface area (Å²) in [4.78, 5) is 25.0. The van der Waals surface area contributed by atoms with Gasteiger partial charge in [0.05, 0.1) is 13.2 Å². The second-order valence-electron chi connectivity index (χ2n) is 15.9. The van der Waals surface area contributed by atoms with Gasteiger partial charge in [0.1, 0.15) is 0 Å². The Hall–Kier alpha value is -1.06. The maximum Gasteiger partial charge on any atom is 0.305 e. The Balaban J connectivity index is 4.10. The van der Waals surface area contributed by atoms with E-state index < -0.39 is 0 Å². The summed E-state index contributed by atoms with van der Waals surface area (Å²) in [5, 5.41) is 0. The van der Waals surface area contributed by atoms with Crippen LogP contribution in [-0.2, 0) is 19.1 Å². The van der Waals surface area contributed by atoms with Crippen LogP contribution in [0.5, 0.6) is 0 Å². The van der Waals surface area contributed by atoms with E-state index in [9.17, 15) is 9.59 Å². The highest BCUT2D eigenvalue weighted by molar-refractivity contribution is 5.69. The minimum absolute atomic E-state index is 0.00506. The van der Waals surface area contributed by atoms with Crippen molar-refractivity contribution in [1.29, 1.82) is 0 Å². The number of hydrogen-bond acceptors (Lipinski definition) is 4. The van der Waals surface area contributed by atoms with Gasteiger partial charge in [-0.3, -0.25) is 9.59 Å². The van der Waals surface area contributed by atoms with E-state index in [2.05, 4.69) is 27.7 Å². The molecule has 298 valence electrons. The molecule has 0 spiro atoms. The highest BCUT2D eigenvalue weighted by atomic mass is 16.5. The Kier molecular flexibility index (Phi) is 39.8. The van der Waals surface area contributed by atoms with Gasteiger partial charge >= 0.3 is 11.9 Å². The summed E-state index contributed by atoms with van der Waals surface area (Å²) in [6, 6.07) is 0. The van der Waals surface area contributed by atoms with Gasteiger partial charge in [0.15, 0.2) is 0 Å². The number of hydrogen-bond donors (Lipinski definition) is 0. The lowest BCUT2D eigenvalue weighted by atomic mass is 9.95. The number of esters is 2. The molecule has 2 atom stereocenters. The van der Waals surface area contributed by atoms with Crippen molar-refractivity contribution in [2.75, 3.05) is 13.2 Å². The third-order valence-corrected chi connectivity index (χ3v) is 10.8. The third kappa shape index (κ3) is 36.7. The SMILES string of the molecule is CCCCCCCCCC(CCCCCCC)COC(=O)CCCCCCCCC(=O)OCC(CCCCCCC)CCCCCCCCC. The number of ether oxygens (including phenoxy) is 2. The molecule has 0 aromatic rings. The summed E-state index contributed by atoms with van der Waals surface area (Å²) in [5.74, 6) is 1.06. The lowest BCUT2D eigenvalue weighted by Crippen LogP contribution is -2.14. The van der Waals surface area contributed by atoms with Gasteiger partial charge in [0.2, 0.25) is 0 Å². The predicted octanol–water partition coefficient (Wildman–Crippen LogP) is 15.4. The molecule has 0 fully saturated rings. The maximum absolute atomic E-state index is 12.5. The van der Waals surface area contributed by atoms with Crippen LogP contribution in [0.25, 0.3) is 0 Å². The van der Waals surface area contributed by atoms with Gasteiger partial charge in [-0.15, -0.1) is 0 Å². The summed E-state index contributed by atoms with van der Waals surface area (Å²) in [7, 11) is 0. The molecular weight excluding hydrogens is 617 g/mol. The van der Waals surface area contributed by atoms with Gasteiger partial charge in [0, 0.05) is 12.8 Å². The van der Waals surface area contributed by atoms with Crippen molar-refractivity contribution in [3.05, 3.63) is 0 Å². The zero-order valence-corrected chi connectivity index (χ0v) is 34.7. The van der Waals surface area contributed by atoms with Crippen molar-refractivity contribution >= 4 is 11.9 Å². The van der Waals surface area contributed by atoms with Crippen molar-refractivity contribution in [3.63, 3.8) is 0 Å². The molecule has 0 amide bonds. The zero-order valence-electron chi connectivity index (χ0n) is 34.7. The lowest BCUT2D eigenvalue weighted by Gasteiger charge is -2.17. The van der Waals surface area contributed by atoms with Crippen LogP contribution in [-0.4, -0.2) is 25.2 Å². The van der Waals surface area contributed by atoms with E-state index >= 15 is 0 Å². The van der Waals surface area contributed by atoms with Crippen molar-refractivity contribution < 1.29 is 19.1 Å². The van der Waals surface area contributed by atoms with Gasteiger partial charge in [-0.2, -0.15) is 0 Å². The summed E-state index contributed by atoms with van der Waals surface area (Å²) in [6.45, 7) is 10.3.